The average Bonchev–Trinajstić information content (AvgIpc) is 2.92. The van der Waals surface area contributed by atoms with Crippen molar-refractivity contribution in [1.82, 2.24) is 14.8 Å². The molecule has 6 nitrogen and oxygen atoms in total. The molecule has 0 atom stereocenters. The van der Waals surface area contributed by atoms with Gasteiger partial charge in [0.05, 0.1) is 7.11 Å². The van der Waals surface area contributed by atoms with E-state index in [0.717, 1.165) is 23.7 Å². The summed E-state index contributed by atoms with van der Waals surface area (Å²) >= 11 is 0. The highest BCUT2D eigenvalue weighted by Crippen LogP contribution is 2.23. The van der Waals surface area contributed by atoms with Gasteiger partial charge in [-0.3, -0.25) is 0 Å². The summed E-state index contributed by atoms with van der Waals surface area (Å²) in [6.07, 6.45) is 1.53. The first-order chi connectivity index (χ1) is 9.26. The third kappa shape index (κ3) is 3.23. The Balaban J connectivity index is 2.10. The molecule has 1 heterocycles. The van der Waals surface area contributed by atoms with E-state index in [4.69, 9.17) is 15.2 Å². The predicted molar refractivity (Wildman–Crippen MR) is 70.9 cm³/mol. The number of hydrogen-bond acceptors (Lipinski definition) is 5. The Labute approximate surface area is 112 Å². The van der Waals surface area contributed by atoms with E-state index in [0.29, 0.717) is 18.9 Å². The van der Waals surface area contributed by atoms with Gasteiger partial charge in [-0.25, -0.2) is 9.67 Å². The molecule has 1 aromatic heterocycles. The van der Waals surface area contributed by atoms with Gasteiger partial charge in [-0.2, -0.15) is 5.10 Å². The van der Waals surface area contributed by atoms with E-state index in [-0.39, 0.29) is 0 Å². The summed E-state index contributed by atoms with van der Waals surface area (Å²) in [5.41, 5.74) is 6.61. The summed E-state index contributed by atoms with van der Waals surface area (Å²) < 4.78 is 12.7. The summed E-state index contributed by atoms with van der Waals surface area (Å²) in [6, 6.07) is 5.61. The quantitative estimate of drug-likeness (QED) is 0.850. The lowest BCUT2D eigenvalue weighted by Crippen LogP contribution is -2.07. The minimum absolute atomic E-state index is 0.366. The van der Waals surface area contributed by atoms with Gasteiger partial charge in [0, 0.05) is 19.2 Å². The maximum absolute atomic E-state index is 5.72. The molecule has 6 heteroatoms. The van der Waals surface area contributed by atoms with Gasteiger partial charge in [0.1, 0.15) is 24.4 Å². The lowest BCUT2D eigenvalue weighted by Gasteiger charge is -2.10. The molecule has 0 saturated carbocycles. The van der Waals surface area contributed by atoms with E-state index in [1.807, 2.05) is 25.1 Å². The van der Waals surface area contributed by atoms with E-state index in [1.165, 1.54) is 6.33 Å². The molecule has 102 valence electrons. The molecule has 0 spiro atoms. The van der Waals surface area contributed by atoms with E-state index >= 15 is 0 Å². The Hall–Kier alpha value is -2.08. The maximum Gasteiger partial charge on any atom is 0.164 e. The Morgan fingerprint density at radius 1 is 1.26 bits per heavy atom. The smallest absolute Gasteiger partial charge is 0.164 e. The van der Waals surface area contributed by atoms with Crippen LogP contribution in [-0.2, 0) is 19.7 Å². The van der Waals surface area contributed by atoms with Gasteiger partial charge in [-0.05, 0) is 24.6 Å². The van der Waals surface area contributed by atoms with Gasteiger partial charge >= 0.3 is 0 Å². The van der Waals surface area contributed by atoms with Gasteiger partial charge in [-0.15, -0.1) is 0 Å². The summed E-state index contributed by atoms with van der Waals surface area (Å²) in [7, 11) is 1.62. The second-order valence-electron chi connectivity index (χ2n) is 4.00. The Morgan fingerprint density at radius 2 is 2.05 bits per heavy atom. The van der Waals surface area contributed by atoms with Crippen molar-refractivity contribution in [3.8, 4) is 11.5 Å². The van der Waals surface area contributed by atoms with Crippen molar-refractivity contribution in [2.45, 2.75) is 26.6 Å². The number of nitrogens with two attached hydrogens (primary N) is 1. The van der Waals surface area contributed by atoms with Crippen LogP contribution in [0.2, 0.25) is 0 Å². The molecule has 0 amide bonds. The average molecular weight is 262 g/mol. The zero-order valence-electron chi connectivity index (χ0n) is 11.2. The van der Waals surface area contributed by atoms with Crippen molar-refractivity contribution in [2.24, 2.45) is 5.73 Å². The first kappa shape index (κ1) is 13.4. The molecule has 0 radical (unpaired) electrons. The van der Waals surface area contributed by atoms with Crippen LogP contribution in [0.1, 0.15) is 18.3 Å². The lowest BCUT2D eigenvalue weighted by atomic mass is 10.2. The summed E-state index contributed by atoms with van der Waals surface area (Å²) in [4.78, 5) is 4.16. The third-order valence-electron chi connectivity index (χ3n) is 2.77. The van der Waals surface area contributed by atoms with E-state index < -0.39 is 0 Å². The van der Waals surface area contributed by atoms with E-state index in [1.54, 1.807) is 11.8 Å². The minimum Gasteiger partial charge on any atom is -0.497 e. The number of hydrogen-bond donors (Lipinski definition) is 1. The molecule has 0 aliphatic heterocycles. The Bertz CT molecular complexity index is 517. The highest BCUT2D eigenvalue weighted by Gasteiger charge is 2.06. The Morgan fingerprint density at radius 3 is 2.74 bits per heavy atom. The number of aromatic nitrogens is 3. The van der Waals surface area contributed by atoms with Gasteiger partial charge < -0.3 is 15.2 Å². The number of aryl methyl sites for hydroxylation is 1. The van der Waals surface area contributed by atoms with Crippen LogP contribution < -0.4 is 15.2 Å². The van der Waals surface area contributed by atoms with Crippen molar-refractivity contribution >= 4 is 0 Å². The SMILES string of the molecule is CCn1ncnc1COc1cc(CN)cc(OC)c1. The highest BCUT2D eigenvalue weighted by molar-refractivity contribution is 5.38. The van der Waals surface area contributed by atoms with Gasteiger partial charge in [0.15, 0.2) is 5.82 Å². The summed E-state index contributed by atoms with van der Waals surface area (Å²) in [6.45, 7) is 3.59. The molecule has 2 N–H and O–H groups in total. The van der Waals surface area contributed by atoms with Crippen LogP contribution >= 0.6 is 0 Å². The molecule has 0 saturated heterocycles. The van der Waals surface area contributed by atoms with Crippen LogP contribution in [0.3, 0.4) is 0 Å². The summed E-state index contributed by atoms with van der Waals surface area (Å²) in [5, 5.41) is 4.10. The second kappa shape index (κ2) is 6.19. The number of ether oxygens (including phenoxy) is 2. The number of nitrogens with zero attached hydrogens (tertiary/aromatic N) is 3. The van der Waals surface area contributed by atoms with Gasteiger partial charge in [-0.1, -0.05) is 0 Å². The Kier molecular flexibility index (Phi) is 4.35. The molecule has 19 heavy (non-hydrogen) atoms. The first-order valence-corrected chi connectivity index (χ1v) is 6.14. The molecular weight excluding hydrogens is 244 g/mol. The zero-order valence-corrected chi connectivity index (χ0v) is 11.2. The molecule has 0 fully saturated rings. The first-order valence-electron chi connectivity index (χ1n) is 6.14. The molecule has 0 aliphatic carbocycles. The summed E-state index contributed by atoms with van der Waals surface area (Å²) in [5.74, 6) is 2.24. The second-order valence-corrected chi connectivity index (χ2v) is 4.00. The monoisotopic (exact) mass is 262 g/mol. The number of rotatable bonds is 6. The van der Waals surface area contributed by atoms with E-state index in [9.17, 15) is 0 Å². The van der Waals surface area contributed by atoms with Crippen molar-refractivity contribution in [3.05, 3.63) is 35.9 Å². The fourth-order valence-corrected chi connectivity index (χ4v) is 1.76. The van der Waals surface area contributed by atoms with Crippen molar-refractivity contribution in [1.29, 1.82) is 0 Å². The standard InChI is InChI=1S/C13H18N4O2/c1-3-17-13(15-9-16-17)8-19-12-5-10(7-14)4-11(6-12)18-2/h4-6,9H,3,7-8,14H2,1-2H3. The number of methoxy groups -OCH3 is 1. The molecule has 1 aromatic carbocycles. The zero-order chi connectivity index (χ0) is 13.7. The molecular formula is C13H18N4O2. The van der Waals surface area contributed by atoms with Gasteiger partial charge in [0.2, 0.25) is 0 Å². The highest BCUT2D eigenvalue weighted by atomic mass is 16.5. The number of benzene rings is 1. The fraction of sp³-hybridized carbons (Fsp3) is 0.385. The maximum atomic E-state index is 5.72. The van der Waals surface area contributed by atoms with Crippen molar-refractivity contribution in [3.63, 3.8) is 0 Å². The van der Waals surface area contributed by atoms with Crippen molar-refractivity contribution in [2.75, 3.05) is 7.11 Å². The largest absolute Gasteiger partial charge is 0.497 e. The van der Waals surface area contributed by atoms with Crippen LogP contribution in [0.25, 0.3) is 0 Å². The van der Waals surface area contributed by atoms with E-state index in [2.05, 4.69) is 10.1 Å². The minimum atomic E-state index is 0.366. The molecule has 0 aliphatic rings. The van der Waals surface area contributed by atoms with Gasteiger partial charge in [0.25, 0.3) is 0 Å². The van der Waals surface area contributed by atoms with Crippen LogP contribution in [0.4, 0.5) is 0 Å². The van der Waals surface area contributed by atoms with Crippen LogP contribution in [0.5, 0.6) is 11.5 Å². The predicted octanol–water partition coefficient (Wildman–Crippen LogP) is 1.34. The molecule has 0 bridgehead atoms. The third-order valence-corrected chi connectivity index (χ3v) is 2.77. The fourth-order valence-electron chi connectivity index (χ4n) is 1.76. The lowest BCUT2D eigenvalue weighted by molar-refractivity contribution is 0.285. The normalized spacial score (nSPS) is 10.5. The molecule has 0 unspecified atom stereocenters. The van der Waals surface area contributed by atoms with Crippen LogP contribution in [0, 0.1) is 0 Å². The van der Waals surface area contributed by atoms with Crippen LogP contribution in [-0.4, -0.2) is 21.9 Å². The molecule has 2 aromatic rings. The topological polar surface area (TPSA) is 75.2 Å². The van der Waals surface area contributed by atoms with Crippen molar-refractivity contribution < 1.29 is 9.47 Å². The van der Waals surface area contributed by atoms with Crippen LogP contribution in [0.15, 0.2) is 24.5 Å². The molecule has 2 rings (SSSR count).